The Morgan fingerprint density at radius 3 is 2.57 bits per heavy atom. The maximum Gasteiger partial charge on any atom is 0.284 e. The molecule has 78 valence electrons. The lowest BCUT2D eigenvalue weighted by atomic mass is 10.4. The summed E-state index contributed by atoms with van der Waals surface area (Å²) in [7, 11) is -1.96. The van der Waals surface area contributed by atoms with E-state index >= 15 is 0 Å². The number of aromatic nitrogens is 2. The third-order valence-electron chi connectivity index (χ3n) is 1.39. The summed E-state index contributed by atoms with van der Waals surface area (Å²) in [6.45, 7) is 0. The van der Waals surface area contributed by atoms with Crippen LogP contribution < -0.4 is 4.72 Å². The van der Waals surface area contributed by atoms with Gasteiger partial charge in [-0.2, -0.15) is 5.10 Å². The molecule has 0 atom stereocenters. The molecular weight excluding hydrogens is 321 g/mol. The maximum absolute atomic E-state index is 11.4. The fraction of sp³-hybridized carbons (Fsp3) is 0.333. The van der Waals surface area contributed by atoms with Gasteiger partial charge < -0.3 is 0 Å². The Bertz CT molecular complexity index is 445. The molecule has 0 saturated carbocycles. The number of aryl methyl sites for hydroxylation is 1. The highest BCUT2D eigenvalue weighted by atomic mass is 127. The zero-order valence-electron chi connectivity index (χ0n) is 7.48. The summed E-state index contributed by atoms with van der Waals surface area (Å²) in [6.07, 6.45) is 2.41. The number of carbonyl (C=O) groups is 1. The van der Waals surface area contributed by atoms with Crippen LogP contribution in [0.25, 0.3) is 0 Å². The number of hydrogen-bond acceptors (Lipinski definition) is 4. The van der Waals surface area contributed by atoms with E-state index in [1.165, 1.54) is 10.9 Å². The summed E-state index contributed by atoms with van der Waals surface area (Å²) < 4.78 is 25.4. The number of rotatable bonds is 2. The van der Waals surface area contributed by atoms with E-state index < -0.39 is 15.9 Å². The number of sulfonamides is 1. The SMILES string of the molecule is Cn1ncc(I)c1C(=O)NS(C)(=O)=O. The summed E-state index contributed by atoms with van der Waals surface area (Å²) >= 11 is 1.91. The van der Waals surface area contributed by atoms with Crippen molar-refractivity contribution in [3.8, 4) is 0 Å². The van der Waals surface area contributed by atoms with E-state index in [1.807, 2.05) is 27.3 Å². The van der Waals surface area contributed by atoms with Gasteiger partial charge in [0.1, 0.15) is 5.69 Å². The summed E-state index contributed by atoms with van der Waals surface area (Å²) in [5.41, 5.74) is 0.232. The van der Waals surface area contributed by atoms with E-state index in [2.05, 4.69) is 5.10 Å². The minimum Gasteiger partial charge on any atom is -0.266 e. The first-order valence-corrected chi connectivity index (χ1v) is 6.48. The molecule has 8 heteroatoms. The maximum atomic E-state index is 11.4. The predicted octanol–water partition coefficient (Wildman–Crippen LogP) is -0.286. The van der Waals surface area contributed by atoms with Gasteiger partial charge in [0.2, 0.25) is 10.0 Å². The molecule has 0 saturated heterocycles. The van der Waals surface area contributed by atoms with Crippen LogP contribution in [0.4, 0.5) is 0 Å². The molecular formula is C6H8IN3O3S. The van der Waals surface area contributed by atoms with Crippen molar-refractivity contribution >= 4 is 38.5 Å². The van der Waals surface area contributed by atoms with Gasteiger partial charge >= 0.3 is 0 Å². The van der Waals surface area contributed by atoms with Gasteiger partial charge in [-0.25, -0.2) is 13.1 Å². The Morgan fingerprint density at radius 2 is 2.21 bits per heavy atom. The quantitative estimate of drug-likeness (QED) is 0.757. The zero-order chi connectivity index (χ0) is 10.9. The first kappa shape index (κ1) is 11.4. The molecule has 0 aliphatic heterocycles. The van der Waals surface area contributed by atoms with Crippen LogP contribution in [0.1, 0.15) is 10.5 Å². The number of hydrogen-bond donors (Lipinski definition) is 1. The molecule has 1 heterocycles. The lowest BCUT2D eigenvalue weighted by Gasteiger charge is -2.02. The normalized spacial score (nSPS) is 11.4. The Kier molecular flexibility index (Phi) is 3.14. The van der Waals surface area contributed by atoms with Gasteiger partial charge in [-0.3, -0.25) is 9.48 Å². The van der Waals surface area contributed by atoms with Crippen LogP contribution in [0.3, 0.4) is 0 Å². The van der Waals surface area contributed by atoms with E-state index in [4.69, 9.17) is 0 Å². The molecule has 0 aromatic carbocycles. The van der Waals surface area contributed by atoms with Gasteiger partial charge in [0.25, 0.3) is 5.91 Å². The first-order valence-electron chi connectivity index (χ1n) is 3.51. The fourth-order valence-corrected chi connectivity index (χ4v) is 2.03. The molecule has 0 fully saturated rings. The average Bonchev–Trinajstić information content (AvgIpc) is 2.27. The second-order valence-corrected chi connectivity index (χ2v) is 5.58. The highest BCUT2D eigenvalue weighted by Gasteiger charge is 2.17. The van der Waals surface area contributed by atoms with Crippen molar-refractivity contribution in [1.82, 2.24) is 14.5 Å². The Balaban J connectivity index is 3.02. The molecule has 0 radical (unpaired) electrons. The molecule has 0 aliphatic rings. The molecule has 0 spiro atoms. The molecule has 1 aromatic rings. The number of nitrogens with one attached hydrogen (secondary N) is 1. The van der Waals surface area contributed by atoms with E-state index in [0.717, 1.165) is 6.26 Å². The van der Waals surface area contributed by atoms with Crippen molar-refractivity contribution < 1.29 is 13.2 Å². The molecule has 0 unspecified atom stereocenters. The van der Waals surface area contributed by atoms with Crippen LogP contribution >= 0.6 is 22.6 Å². The van der Waals surface area contributed by atoms with Crippen molar-refractivity contribution in [2.45, 2.75) is 0 Å². The molecule has 14 heavy (non-hydrogen) atoms. The fourth-order valence-electron chi connectivity index (χ4n) is 0.883. The molecule has 1 aromatic heterocycles. The van der Waals surface area contributed by atoms with E-state index in [9.17, 15) is 13.2 Å². The van der Waals surface area contributed by atoms with Crippen LogP contribution in [0, 0.1) is 3.57 Å². The van der Waals surface area contributed by atoms with Crippen LogP contribution in [0.2, 0.25) is 0 Å². The summed E-state index contributed by atoms with van der Waals surface area (Å²) in [5.74, 6) is -0.670. The van der Waals surface area contributed by atoms with E-state index in [0.29, 0.717) is 3.57 Å². The van der Waals surface area contributed by atoms with Gasteiger partial charge in [0.15, 0.2) is 0 Å². The van der Waals surface area contributed by atoms with Crippen molar-refractivity contribution in [3.63, 3.8) is 0 Å². The van der Waals surface area contributed by atoms with E-state index in [-0.39, 0.29) is 5.69 Å². The smallest absolute Gasteiger partial charge is 0.266 e. The van der Waals surface area contributed by atoms with Gasteiger partial charge in [-0.1, -0.05) is 0 Å². The number of halogens is 1. The van der Waals surface area contributed by atoms with Gasteiger partial charge in [-0.15, -0.1) is 0 Å². The molecule has 6 nitrogen and oxygen atoms in total. The Morgan fingerprint density at radius 1 is 1.64 bits per heavy atom. The topological polar surface area (TPSA) is 81.1 Å². The average molecular weight is 329 g/mol. The highest BCUT2D eigenvalue weighted by molar-refractivity contribution is 14.1. The molecule has 0 bridgehead atoms. The lowest BCUT2D eigenvalue weighted by molar-refractivity contribution is 0.0971. The second kappa shape index (κ2) is 3.85. The third kappa shape index (κ3) is 2.67. The molecule has 0 aliphatic carbocycles. The number of amides is 1. The van der Waals surface area contributed by atoms with Crippen molar-refractivity contribution in [2.24, 2.45) is 7.05 Å². The van der Waals surface area contributed by atoms with Crippen LogP contribution in [0.15, 0.2) is 6.20 Å². The molecule has 1 rings (SSSR count). The summed E-state index contributed by atoms with van der Waals surface area (Å²) in [5, 5.41) is 3.82. The highest BCUT2D eigenvalue weighted by Crippen LogP contribution is 2.10. The summed E-state index contributed by atoms with van der Waals surface area (Å²) in [4.78, 5) is 11.4. The zero-order valence-corrected chi connectivity index (χ0v) is 10.5. The van der Waals surface area contributed by atoms with Crippen LogP contribution in [0.5, 0.6) is 0 Å². The molecule has 1 N–H and O–H groups in total. The van der Waals surface area contributed by atoms with Crippen molar-refractivity contribution in [1.29, 1.82) is 0 Å². The summed E-state index contributed by atoms with van der Waals surface area (Å²) in [6, 6.07) is 0. The van der Waals surface area contributed by atoms with Gasteiger partial charge in [-0.05, 0) is 22.6 Å². The van der Waals surface area contributed by atoms with Crippen LogP contribution in [-0.2, 0) is 17.1 Å². The second-order valence-electron chi connectivity index (χ2n) is 2.67. The standard InChI is InChI=1S/C6H8IN3O3S/c1-10-5(4(7)3-8-10)6(11)9-14(2,12)13/h3H,1-2H3,(H,9,11). The van der Waals surface area contributed by atoms with Gasteiger partial charge in [0.05, 0.1) is 16.0 Å². The lowest BCUT2D eigenvalue weighted by Crippen LogP contribution is -2.31. The molecule has 1 amide bonds. The monoisotopic (exact) mass is 329 g/mol. The van der Waals surface area contributed by atoms with Gasteiger partial charge in [0, 0.05) is 7.05 Å². The van der Waals surface area contributed by atoms with Crippen molar-refractivity contribution in [2.75, 3.05) is 6.26 Å². The minimum absolute atomic E-state index is 0.232. The Labute approximate surface area is 94.9 Å². The van der Waals surface area contributed by atoms with Crippen molar-refractivity contribution in [3.05, 3.63) is 15.5 Å². The minimum atomic E-state index is -3.53. The third-order valence-corrected chi connectivity index (χ3v) is 2.73. The Hall–Kier alpha value is -0.640. The predicted molar refractivity (Wildman–Crippen MR) is 58.2 cm³/mol. The largest absolute Gasteiger partial charge is 0.284 e. The number of carbonyl (C=O) groups excluding carboxylic acids is 1. The van der Waals surface area contributed by atoms with Crippen LogP contribution in [-0.4, -0.2) is 30.4 Å². The first-order chi connectivity index (χ1) is 6.31. The van der Waals surface area contributed by atoms with E-state index in [1.54, 1.807) is 7.05 Å². The number of nitrogens with zero attached hydrogens (tertiary/aromatic N) is 2.